The summed E-state index contributed by atoms with van der Waals surface area (Å²) < 4.78 is 16.4. The van der Waals surface area contributed by atoms with Crippen LogP contribution in [0.4, 0.5) is 0 Å². The van der Waals surface area contributed by atoms with Gasteiger partial charge in [-0.2, -0.15) is 0 Å². The maximum absolute atomic E-state index is 11.0. The Hall–Kier alpha value is -5.19. The predicted molar refractivity (Wildman–Crippen MR) is 120 cm³/mol. The molecule has 0 aliphatic heterocycles. The van der Waals surface area contributed by atoms with Gasteiger partial charge in [0.05, 0.1) is 0 Å². The summed E-state index contributed by atoms with van der Waals surface area (Å²) in [5.41, 5.74) is 2.19. The van der Waals surface area contributed by atoms with E-state index in [-0.39, 0.29) is 17.3 Å². The Balaban J connectivity index is 1.34. The minimum Gasteiger partial charge on any atom is -0.504 e. The fourth-order valence-electron chi connectivity index (χ4n) is 3.23. The van der Waals surface area contributed by atoms with Gasteiger partial charge in [-0.05, 0) is 60.7 Å². The molecule has 2 aromatic heterocycles. The number of esters is 1. The van der Waals surface area contributed by atoms with Crippen LogP contribution in [0.1, 0.15) is 6.92 Å². The van der Waals surface area contributed by atoms with Gasteiger partial charge >= 0.3 is 5.97 Å². The molecule has 5 rings (SSSR count). The molecule has 3 aromatic carbocycles. The third kappa shape index (κ3) is 4.37. The lowest BCUT2D eigenvalue weighted by atomic mass is 10.1. The van der Waals surface area contributed by atoms with Crippen molar-refractivity contribution in [3.8, 4) is 68.8 Å². The van der Waals surface area contributed by atoms with Crippen LogP contribution in [0.15, 0.2) is 69.5 Å². The van der Waals surface area contributed by atoms with E-state index in [9.17, 15) is 20.1 Å². The van der Waals surface area contributed by atoms with E-state index in [2.05, 4.69) is 20.4 Å². The van der Waals surface area contributed by atoms with Gasteiger partial charge in [0, 0.05) is 29.2 Å². The molecule has 0 radical (unpaired) electrons. The van der Waals surface area contributed by atoms with Gasteiger partial charge in [0.25, 0.3) is 0 Å². The molecule has 0 unspecified atom stereocenters. The van der Waals surface area contributed by atoms with Crippen LogP contribution >= 0.6 is 0 Å². The molecule has 5 aromatic rings. The van der Waals surface area contributed by atoms with Crippen LogP contribution in [-0.2, 0) is 4.79 Å². The second-order valence-electron chi connectivity index (χ2n) is 7.38. The summed E-state index contributed by atoms with van der Waals surface area (Å²) >= 11 is 0. The highest BCUT2D eigenvalue weighted by Crippen LogP contribution is 2.39. The third-order valence-electron chi connectivity index (χ3n) is 4.91. The molecule has 11 nitrogen and oxygen atoms in total. The van der Waals surface area contributed by atoms with E-state index in [1.54, 1.807) is 48.5 Å². The Bertz CT molecular complexity index is 1500. The zero-order valence-electron chi connectivity index (χ0n) is 18.0. The van der Waals surface area contributed by atoms with Crippen LogP contribution in [-0.4, -0.2) is 41.7 Å². The van der Waals surface area contributed by atoms with Crippen molar-refractivity contribution in [1.29, 1.82) is 0 Å². The average Bonchev–Trinajstić information content (AvgIpc) is 3.53. The standard InChI is InChI=1S/C24H16N4O7/c1-12(29)33-17-8-6-15(7-9-17)23-26-25-21(34-23)13-2-4-14(5-3-13)22-27-28-24(35-22)16-10-18(30)20(32)19(31)11-16/h2-11,30-32H,1H3. The Morgan fingerprint density at radius 3 is 1.43 bits per heavy atom. The highest BCUT2D eigenvalue weighted by molar-refractivity contribution is 5.70. The van der Waals surface area contributed by atoms with Crippen molar-refractivity contribution in [3.63, 3.8) is 0 Å². The minimum atomic E-state index is -0.632. The number of aromatic nitrogens is 4. The monoisotopic (exact) mass is 472 g/mol. The fourth-order valence-corrected chi connectivity index (χ4v) is 3.23. The van der Waals surface area contributed by atoms with Gasteiger partial charge in [-0.25, -0.2) is 0 Å². The molecule has 35 heavy (non-hydrogen) atoms. The van der Waals surface area contributed by atoms with Crippen molar-refractivity contribution >= 4 is 5.97 Å². The summed E-state index contributed by atoms with van der Waals surface area (Å²) in [4.78, 5) is 11.0. The van der Waals surface area contributed by atoms with Gasteiger partial charge in [0.2, 0.25) is 23.6 Å². The third-order valence-corrected chi connectivity index (χ3v) is 4.91. The van der Waals surface area contributed by atoms with Crippen molar-refractivity contribution < 1.29 is 33.7 Å². The number of aromatic hydroxyl groups is 3. The number of hydrogen-bond donors (Lipinski definition) is 3. The lowest BCUT2D eigenvalue weighted by Gasteiger charge is -2.02. The smallest absolute Gasteiger partial charge is 0.308 e. The van der Waals surface area contributed by atoms with Crippen LogP contribution in [0.5, 0.6) is 23.0 Å². The number of nitrogens with zero attached hydrogens (tertiary/aromatic N) is 4. The molecule has 0 saturated carbocycles. The predicted octanol–water partition coefficient (Wildman–Crippen LogP) is 4.16. The molecular weight excluding hydrogens is 456 g/mol. The Kier molecular flexibility index (Phi) is 5.34. The van der Waals surface area contributed by atoms with E-state index < -0.39 is 23.2 Å². The van der Waals surface area contributed by atoms with E-state index >= 15 is 0 Å². The maximum Gasteiger partial charge on any atom is 0.308 e. The summed E-state index contributed by atoms with van der Waals surface area (Å²) in [6.07, 6.45) is 0. The number of carbonyl (C=O) groups is 1. The molecule has 2 heterocycles. The fraction of sp³-hybridized carbons (Fsp3) is 0.0417. The van der Waals surface area contributed by atoms with Gasteiger partial charge in [0.15, 0.2) is 17.2 Å². The largest absolute Gasteiger partial charge is 0.504 e. The lowest BCUT2D eigenvalue weighted by Crippen LogP contribution is -2.00. The molecule has 0 spiro atoms. The van der Waals surface area contributed by atoms with Gasteiger partial charge in [-0.15, -0.1) is 20.4 Å². The normalized spacial score (nSPS) is 10.9. The van der Waals surface area contributed by atoms with E-state index in [1.807, 2.05) is 0 Å². The Morgan fingerprint density at radius 1 is 0.657 bits per heavy atom. The van der Waals surface area contributed by atoms with Crippen LogP contribution in [0.3, 0.4) is 0 Å². The number of phenols is 3. The quantitative estimate of drug-likeness (QED) is 0.191. The number of ether oxygens (including phenoxy) is 1. The first-order valence-electron chi connectivity index (χ1n) is 10.2. The van der Waals surface area contributed by atoms with Crippen LogP contribution < -0.4 is 4.74 Å². The molecule has 0 bridgehead atoms. The SMILES string of the molecule is CC(=O)Oc1ccc(-c2nnc(-c3ccc(-c4nnc(-c5cc(O)c(O)c(O)c5)o4)cc3)o2)cc1. The molecule has 0 atom stereocenters. The molecule has 0 saturated heterocycles. The zero-order chi connectivity index (χ0) is 24.5. The minimum absolute atomic E-state index is 0.0518. The summed E-state index contributed by atoms with van der Waals surface area (Å²) in [6, 6.07) is 16.0. The van der Waals surface area contributed by atoms with Crippen molar-refractivity contribution in [2.75, 3.05) is 0 Å². The second-order valence-corrected chi connectivity index (χ2v) is 7.38. The first kappa shape index (κ1) is 21.6. The molecular formula is C24H16N4O7. The second kappa shape index (κ2) is 8.63. The number of rotatable bonds is 5. The summed E-state index contributed by atoms with van der Waals surface area (Å²) in [5.74, 6) is -0.776. The molecule has 11 heteroatoms. The van der Waals surface area contributed by atoms with Crippen LogP contribution in [0.25, 0.3) is 45.8 Å². The number of phenolic OH excluding ortho intramolecular Hbond substituents is 3. The highest BCUT2D eigenvalue weighted by atomic mass is 16.5. The van der Waals surface area contributed by atoms with Gasteiger partial charge < -0.3 is 28.9 Å². The summed E-state index contributed by atoms with van der Waals surface area (Å²) in [5, 5.41) is 44.9. The molecule has 0 fully saturated rings. The topological polar surface area (TPSA) is 165 Å². The van der Waals surface area contributed by atoms with Crippen LogP contribution in [0.2, 0.25) is 0 Å². The molecule has 0 aliphatic carbocycles. The number of carbonyl (C=O) groups excluding carboxylic acids is 1. The Morgan fingerprint density at radius 2 is 1.03 bits per heavy atom. The number of hydrogen-bond acceptors (Lipinski definition) is 11. The lowest BCUT2D eigenvalue weighted by molar-refractivity contribution is -0.131. The molecule has 3 N–H and O–H groups in total. The number of benzene rings is 3. The van der Waals surface area contributed by atoms with Gasteiger partial charge in [0.1, 0.15) is 5.75 Å². The summed E-state index contributed by atoms with van der Waals surface area (Å²) in [6.45, 7) is 1.33. The van der Waals surface area contributed by atoms with Crippen molar-refractivity contribution in [2.45, 2.75) is 6.92 Å². The van der Waals surface area contributed by atoms with Gasteiger partial charge in [-0.1, -0.05) is 0 Å². The van der Waals surface area contributed by atoms with E-state index in [0.29, 0.717) is 34.2 Å². The first-order valence-corrected chi connectivity index (χ1v) is 10.2. The van der Waals surface area contributed by atoms with Gasteiger partial charge in [-0.3, -0.25) is 4.79 Å². The van der Waals surface area contributed by atoms with E-state index in [0.717, 1.165) is 0 Å². The Labute approximate surface area is 196 Å². The van der Waals surface area contributed by atoms with Crippen LogP contribution in [0, 0.1) is 0 Å². The first-order chi connectivity index (χ1) is 16.9. The average molecular weight is 472 g/mol. The highest BCUT2D eigenvalue weighted by Gasteiger charge is 2.16. The molecule has 0 amide bonds. The van der Waals surface area contributed by atoms with Crippen molar-refractivity contribution in [1.82, 2.24) is 20.4 Å². The van der Waals surface area contributed by atoms with Crippen molar-refractivity contribution in [2.24, 2.45) is 0 Å². The maximum atomic E-state index is 11.0. The summed E-state index contributed by atoms with van der Waals surface area (Å²) in [7, 11) is 0. The van der Waals surface area contributed by atoms with E-state index in [4.69, 9.17) is 13.6 Å². The molecule has 174 valence electrons. The van der Waals surface area contributed by atoms with Crippen molar-refractivity contribution in [3.05, 3.63) is 60.7 Å². The van der Waals surface area contributed by atoms with E-state index in [1.165, 1.54) is 19.1 Å². The zero-order valence-corrected chi connectivity index (χ0v) is 18.0. The molecule has 0 aliphatic rings.